The maximum absolute atomic E-state index is 11.3. The zero-order chi connectivity index (χ0) is 13.9. The molecule has 2 rings (SSSR count). The topological polar surface area (TPSA) is 38.3 Å². The summed E-state index contributed by atoms with van der Waals surface area (Å²) in [4.78, 5) is 11.3. The highest BCUT2D eigenvalue weighted by molar-refractivity contribution is 5.87. The van der Waals surface area contributed by atoms with E-state index in [4.69, 9.17) is 4.74 Å². The van der Waals surface area contributed by atoms with E-state index in [9.17, 15) is 4.79 Å². The third kappa shape index (κ3) is 3.04. The first-order valence-electron chi connectivity index (χ1n) is 6.62. The molecule has 1 aliphatic carbocycles. The number of hydrogen-bond donors (Lipinski definition) is 1. The molecule has 0 aliphatic heterocycles. The number of ether oxygens (including phenoxy) is 1. The first kappa shape index (κ1) is 13.8. The molecule has 0 spiro atoms. The lowest BCUT2D eigenvalue weighted by Crippen LogP contribution is -2.61. The monoisotopic (exact) mass is 259 g/mol. The molecule has 19 heavy (non-hydrogen) atoms. The summed E-state index contributed by atoms with van der Waals surface area (Å²) in [7, 11) is 0. The fraction of sp³-hybridized carbons (Fsp3) is 0.438. The fourth-order valence-corrected chi connectivity index (χ4v) is 2.41. The van der Waals surface area contributed by atoms with E-state index in [0.717, 1.165) is 6.42 Å². The summed E-state index contributed by atoms with van der Waals surface area (Å²) < 4.78 is 5.95. The molecule has 1 aromatic carbocycles. The van der Waals surface area contributed by atoms with Gasteiger partial charge in [-0.05, 0) is 18.1 Å². The number of carbonyl (C=O) groups is 1. The molecule has 3 heteroatoms. The van der Waals surface area contributed by atoms with Crippen LogP contribution in [0.15, 0.2) is 43.0 Å². The van der Waals surface area contributed by atoms with Crippen molar-refractivity contribution < 1.29 is 9.53 Å². The second-order valence-electron chi connectivity index (χ2n) is 5.61. The third-order valence-corrected chi connectivity index (χ3v) is 3.97. The van der Waals surface area contributed by atoms with E-state index in [0.29, 0.717) is 6.61 Å². The van der Waals surface area contributed by atoms with Crippen LogP contribution in [0.3, 0.4) is 0 Å². The lowest BCUT2D eigenvalue weighted by molar-refractivity contribution is -0.137. The molecule has 102 valence electrons. The van der Waals surface area contributed by atoms with Crippen molar-refractivity contribution in [3.63, 3.8) is 0 Å². The first-order valence-corrected chi connectivity index (χ1v) is 6.62. The molecule has 1 N–H and O–H groups in total. The summed E-state index contributed by atoms with van der Waals surface area (Å²) >= 11 is 0. The maximum atomic E-state index is 11.3. The van der Waals surface area contributed by atoms with Gasteiger partial charge in [-0.3, -0.25) is 4.79 Å². The van der Waals surface area contributed by atoms with Crippen LogP contribution in [-0.4, -0.2) is 18.1 Å². The van der Waals surface area contributed by atoms with Crippen LogP contribution in [0.4, 0.5) is 0 Å². The zero-order valence-corrected chi connectivity index (χ0v) is 11.6. The lowest BCUT2D eigenvalue weighted by atomic mass is 9.64. The third-order valence-electron chi connectivity index (χ3n) is 3.97. The molecule has 2 atom stereocenters. The highest BCUT2D eigenvalue weighted by Crippen LogP contribution is 2.43. The Morgan fingerprint density at radius 3 is 2.74 bits per heavy atom. The number of amides is 1. The molecule has 0 saturated heterocycles. The predicted molar refractivity (Wildman–Crippen MR) is 75.5 cm³/mol. The van der Waals surface area contributed by atoms with Crippen molar-refractivity contribution in [2.75, 3.05) is 0 Å². The van der Waals surface area contributed by atoms with Crippen LogP contribution in [0.2, 0.25) is 0 Å². The summed E-state index contributed by atoms with van der Waals surface area (Å²) in [5, 5.41) is 2.95. The minimum Gasteiger partial charge on any atom is -0.373 e. The summed E-state index contributed by atoms with van der Waals surface area (Å²) in [5.41, 5.74) is 1.14. The van der Waals surface area contributed by atoms with Gasteiger partial charge in [0.1, 0.15) is 0 Å². The molecule has 0 heterocycles. The molecule has 0 bridgehead atoms. The highest BCUT2D eigenvalue weighted by Gasteiger charge is 2.49. The van der Waals surface area contributed by atoms with E-state index in [2.05, 4.69) is 37.9 Å². The Hall–Kier alpha value is -1.61. The molecule has 1 amide bonds. The molecule has 0 radical (unpaired) electrons. The van der Waals surface area contributed by atoms with Crippen molar-refractivity contribution in [3.05, 3.63) is 48.6 Å². The fourth-order valence-electron chi connectivity index (χ4n) is 2.41. The van der Waals surface area contributed by atoms with Crippen LogP contribution in [0.1, 0.15) is 25.8 Å². The quantitative estimate of drug-likeness (QED) is 0.826. The number of nitrogens with one attached hydrogen (secondary N) is 1. The van der Waals surface area contributed by atoms with Crippen LogP contribution in [0.25, 0.3) is 0 Å². The largest absolute Gasteiger partial charge is 0.373 e. The summed E-state index contributed by atoms with van der Waals surface area (Å²) in [6.07, 6.45) is 2.36. The minimum atomic E-state index is -0.111. The van der Waals surface area contributed by atoms with E-state index in [1.165, 1.54) is 11.6 Å². The molecule has 1 aromatic rings. The second-order valence-corrected chi connectivity index (χ2v) is 5.61. The van der Waals surface area contributed by atoms with Gasteiger partial charge in [-0.2, -0.15) is 0 Å². The maximum Gasteiger partial charge on any atom is 0.243 e. The second kappa shape index (κ2) is 5.57. The SMILES string of the molecule is C=CC(=O)N[C@@H]1C[C@@H](OCc2ccccc2)C1(C)C. The number of hydrogen-bond acceptors (Lipinski definition) is 2. The standard InChI is InChI=1S/C16H21NO2/c1-4-15(18)17-13-10-14(16(13,2)3)19-11-12-8-6-5-7-9-12/h4-9,13-14H,1,10-11H2,2-3H3,(H,17,18)/t13-,14-/m1/s1. The van der Waals surface area contributed by atoms with Crippen molar-refractivity contribution >= 4 is 5.91 Å². The molecular weight excluding hydrogens is 238 g/mol. The van der Waals surface area contributed by atoms with E-state index in [1.807, 2.05) is 18.2 Å². The van der Waals surface area contributed by atoms with Gasteiger partial charge in [0, 0.05) is 11.5 Å². The Bertz CT molecular complexity index is 453. The van der Waals surface area contributed by atoms with Crippen LogP contribution in [-0.2, 0) is 16.1 Å². The minimum absolute atomic E-state index is 0.0343. The first-order chi connectivity index (χ1) is 9.04. The van der Waals surface area contributed by atoms with Gasteiger partial charge in [0.2, 0.25) is 5.91 Å². The summed E-state index contributed by atoms with van der Waals surface area (Å²) in [6.45, 7) is 8.34. The van der Waals surface area contributed by atoms with Crippen molar-refractivity contribution in [1.82, 2.24) is 5.32 Å². The molecule has 0 aromatic heterocycles. The number of benzene rings is 1. The molecule has 1 aliphatic rings. The highest BCUT2D eigenvalue weighted by atomic mass is 16.5. The zero-order valence-electron chi connectivity index (χ0n) is 11.6. The van der Waals surface area contributed by atoms with E-state index in [1.54, 1.807) is 0 Å². The smallest absolute Gasteiger partial charge is 0.243 e. The average Bonchev–Trinajstić information content (AvgIpc) is 2.42. The normalized spacial score (nSPS) is 24.3. The van der Waals surface area contributed by atoms with Crippen LogP contribution in [0.5, 0.6) is 0 Å². The Morgan fingerprint density at radius 1 is 1.47 bits per heavy atom. The van der Waals surface area contributed by atoms with Gasteiger partial charge >= 0.3 is 0 Å². The van der Waals surface area contributed by atoms with Crippen molar-refractivity contribution in [2.24, 2.45) is 5.41 Å². The van der Waals surface area contributed by atoms with Gasteiger partial charge in [0.15, 0.2) is 0 Å². The van der Waals surface area contributed by atoms with Gasteiger partial charge in [-0.15, -0.1) is 0 Å². The summed E-state index contributed by atoms with van der Waals surface area (Å²) in [6, 6.07) is 10.3. The van der Waals surface area contributed by atoms with Crippen molar-refractivity contribution in [3.8, 4) is 0 Å². The molecular formula is C16H21NO2. The number of carbonyl (C=O) groups excluding carboxylic acids is 1. The van der Waals surface area contributed by atoms with Gasteiger partial charge in [0.25, 0.3) is 0 Å². The number of rotatable bonds is 5. The molecule has 1 fully saturated rings. The van der Waals surface area contributed by atoms with Crippen LogP contribution in [0, 0.1) is 5.41 Å². The lowest BCUT2D eigenvalue weighted by Gasteiger charge is -2.51. The van der Waals surface area contributed by atoms with Gasteiger partial charge in [-0.25, -0.2) is 0 Å². The average molecular weight is 259 g/mol. The molecule has 1 saturated carbocycles. The van der Waals surface area contributed by atoms with E-state index < -0.39 is 0 Å². The van der Waals surface area contributed by atoms with Crippen LogP contribution < -0.4 is 5.32 Å². The predicted octanol–water partition coefficient (Wildman–Crippen LogP) is 2.67. The molecule has 3 nitrogen and oxygen atoms in total. The van der Waals surface area contributed by atoms with E-state index in [-0.39, 0.29) is 23.5 Å². The van der Waals surface area contributed by atoms with Gasteiger partial charge < -0.3 is 10.1 Å². The van der Waals surface area contributed by atoms with Crippen molar-refractivity contribution in [2.45, 2.75) is 39.0 Å². The summed E-state index contributed by atoms with van der Waals surface area (Å²) in [5.74, 6) is -0.111. The Morgan fingerprint density at radius 2 is 2.16 bits per heavy atom. The van der Waals surface area contributed by atoms with Crippen molar-refractivity contribution in [1.29, 1.82) is 0 Å². The van der Waals surface area contributed by atoms with Gasteiger partial charge in [0.05, 0.1) is 12.7 Å². The Balaban J connectivity index is 1.84. The Labute approximate surface area is 114 Å². The van der Waals surface area contributed by atoms with Crippen LogP contribution >= 0.6 is 0 Å². The van der Waals surface area contributed by atoms with Gasteiger partial charge in [-0.1, -0.05) is 50.8 Å². The van der Waals surface area contributed by atoms with E-state index >= 15 is 0 Å². The Kier molecular flexibility index (Phi) is 4.05. The molecule has 0 unspecified atom stereocenters.